The molecule has 0 spiro atoms. The molecule has 0 unspecified atom stereocenters. The van der Waals surface area contributed by atoms with Gasteiger partial charge in [0, 0.05) is 22.6 Å². The number of carbonyl (C=O) groups is 2. The van der Waals surface area contributed by atoms with Crippen LogP contribution in [0.15, 0.2) is 60.4 Å². The Hall–Kier alpha value is -2.59. The van der Waals surface area contributed by atoms with E-state index >= 15 is 0 Å². The highest BCUT2D eigenvalue weighted by Crippen LogP contribution is 2.20. The van der Waals surface area contributed by atoms with Gasteiger partial charge in [0.25, 0.3) is 0 Å². The molecule has 0 saturated carbocycles. The number of aliphatic carboxylic acids is 1. The zero-order valence-corrected chi connectivity index (χ0v) is 14.6. The summed E-state index contributed by atoms with van der Waals surface area (Å²) in [5.74, 6) is -1.08. The van der Waals surface area contributed by atoms with E-state index in [-0.39, 0.29) is 18.0 Å². The zero-order chi connectivity index (χ0) is 18.2. The summed E-state index contributed by atoms with van der Waals surface area (Å²) in [5.41, 5.74) is 2.14. The van der Waals surface area contributed by atoms with Gasteiger partial charge >= 0.3 is 5.97 Å². The molecule has 0 amide bonds. The number of ether oxygens (including phenoxy) is 1. The van der Waals surface area contributed by atoms with Gasteiger partial charge in [-0.25, -0.2) is 4.79 Å². The second kappa shape index (κ2) is 9.04. The van der Waals surface area contributed by atoms with Crippen LogP contribution in [0.3, 0.4) is 0 Å². The average Bonchev–Trinajstić information content (AvgIpc) is 2.61. The lowest BCUT2D eigenvalue weighted by molar-refractivity contribution is -0.132. The molecule has 0 radical (unpaired) electrons. The molecule has 0 saturated heterocycles. The minimum absolute atomic E-state index is 0.0809. The maximum absolute atomic E-state index is 12.7. The highest BCUT2D eigenvalue weighted by molar-refractivity contribution is 6.30. The standard InChI is InChI=1S/C20H19ClO4/c1-2-14(20(23)24)13-25-11-10-16-12-17(21)8-9-18(16)19(22)15-6-4-3-5-7-15/h3-9,12-13H,2,10-11H2,1H3,(H,23,24). The maximum Gasteiger partial charge on any atom is 0.334 e. The molecule has 0 fully saturated rings. The van der Waals surface area contributed by atoms with Gasteiger partial charge in [-0.15, -0.1) is 0 Å². The van der Waals surface area contributed by atoms with Gasteiger partial charge in [-0.2, -0.15) is 0 Å². The first-order valence-electron chi connectivity index (χ1n) is 7.95. The van der Waals surface area contributed by atoms with Crippen LogP contribution in [0.4, 0.5) is 0 Å². The Balaban J connectivity index is 2.14. The molecule has 4 nitrogen and oxygen atoms in total. The van der Waals surface area contributed by atoms with Crippen molar-refractivity contribution in [3.8, 4) is 0 Å². The van der Waals surface area contributed by atoms with Gasteiger partial charge in [-0.1, -0.05) is 48.9 Å². The van der Waals surface area contributed by atoms with Crippen LogP contribution in [0, 0.1) is 0 Å². The van der Waals surface area contributed by atoms with E-state index in [9.17, 15) is 9.59 Å². The molecule has 2 aromatic rings. The predicted molar refractivity (Wildman–Crippen MR) is 97.0 cm³/mol. The van der Waals surface area contributed by atoms with Gasteiger partial charge in [-0.3, -0.25) is 4.79 Å². The molecule has 1 N–H and O–H groups in total. The lowest BCUT2D eigenvalue weighted by atomic mass is 9.97. The molecule has 2 aromatic carbocycles. The Morgan fingerprint density at radius 2 is 1.88 bits per heavy atom. The van der Waals surface area contributed by atoms with Crippen molar-refractivity contribution in [2.75, 3.05) is 6.61 Å². The Kier molecular flexibility index (Phi) is 6.78. The van der Waals surface area contributed by atoms with E-state index < -0.39 is 5.97 Å². The molecule has 0 heterocycles. The minimum Gasteiger partial charge on any atom is -0.500 e. The Bertz CT molecular complexity index is 782. The van der Waals surface area contributed by atoms with Crippen LogP contribution in [0.2, 0.25) is 5.02 Å². The average molecular weight is 359 g/mol. The molecular formula is C20H19ClO4. The van der Waals surface area contributed by atoms with Crippen LogP contribution in [-0.4, -0.2) is 23.5 Å². The van der Waals surface area contributed by atoms with Crippen molar-refractivity contribution in [3.63, 3.8) is 0 Å². The fourth-order valence-corrected chi connectivity index (χ4v) is 2.54. The highest BCUT2D eigenvalue weighted by Gasteiger charge is 2.14. The van der Waals surface area contributed by atoms with E-state index in [2.05, 4.69) is 0 Å². The number of carbonyl (C=O) groups excluding carboxylic acids is 1. The molecule has 0 atom stereocenters. The molecular weight excluding hydrogens is 340 g/mol. The quantitative estimate of drug-likeness (QED) is 0.326. The van der Waals surface area contributed by atoms with E-state index in [0.717, 1.165) is 5.56 Å². The summed E-state index contributed by atoms with van der Waals surface area (Å²) in [4.78, 5) is 23.6. The third kappa shape index (κ3) is 5.19. The van der Waals surface area contributed by atoms with Crippen LogP contribution >= 0.6 is 11.6 Å². The van der Waals surface area contributed by atoms with Gasteiger partial charge in [-0.05, 0) is 30.2 Å². The molecule has 2 rings (SSSR count). The summed E-state index contributed by atoms with van der Waals surface area (Å²) in [5, 5.41) is 9.50. The second-order valence-corrected chi connectivity index (χ2v) is 5.86. The van der Waals surface area contributed by atoms with E-state index in [1.807, 2.05) is 18.2 Å². The van der Waals surface area contributed by atoms with Crippen molar-refractivity contribution < 1.29 is 19.4 Å². The molecule has 0 aliphatic rings. The summed E-state index contributed by atoms with van der Waals surface area (Å²) in [7, 11) is 0. The largest absolute Gasteiger partial charge is 0.500 e. The number of benzene rings is 2. The van der Waals surface area contributed by atoms with Crippen molar-refractivity contribution in [2.24, 2.45) is 0 Å². The monoisotopic (exact) mass is 358 g/mol. The number of hydrogen-bond acceptors (Lipinski definition) is 3. The summed E-state index contributed by atoms with van der Waals surface area (Å²) in [6, 6.07) is 14.1. The van der Waals surface area contributed by atoms with Crippen LogP contribution in [-0.2, 0) is 16.0 Å². The smallest absolute Gasteiger partial charge is 0.334 e. The molecule has 25 heavy (non-hydrogen) atoms. The van der Waals surface area contributed by atoms with Gasteiger partial charge in [0.15, 0.2) is 5.78 Å². The number of halogens is 1. The fourth-order valence-electron chi connectivity index (χ4n) is 2.35. The summed E-state index contributed by atoms with van der Waals surface area (Å²) in [6.07, 6.45) is 2.08. The van der Waals surface area contributed by atoms with Crippen molar-refractivity contribution in [1.82, 2.24) is 0 Å². The number of ketones is 1. The topological polar surface area (TPSA) is 63.6 Å². The number of rotatable bonds is 8. The number of hydrogen-bond donors (Lipinski definition) is 1. The van der Waals surface area contributed by atoms with Crippen molar-refractivity contribution in [3.05, 3.63) is 82.1 Å². The Morgan fingerprint density at radius 3 is 2.52 bits per heavy atom. The van der Waals surface area contributed by atoms with E-state index in [4.69, 9.17) is 21.4 Å². The summed E-state index contributed by atoms with van der Waals surface area (Å²) in [6.45, 7) is 2.00. The molecule has 5 heteroatoms. The first-order chi connectivity index (χ1) is 12.0. The normalized spacial score (nSPS) is 11.2. The van der Waals surface area contributed by atoms with E-state index in [1.54, 1.807) is 37.3 Å². The molecule has 0 aromatic heterocycles. The number of carboxylic acids is 1. The van der Waals surface area contributed by atoms with Crippen molar-refractivity contribution >= 4 is 23.4 Å². The molecule has 0 aliphatic carbocycles. The van der Waals surface area contributed by atoms with Crippen LogP contribution in [0.5, 0.6) is 0 Å². The Labute approximate surface area is 151 Å². The lowest BCUT2D eigenvalue weighted by Gasteiger charge is -2.10. The van der Waals surface area contributed by atoms with E-state index in [0.29, 0.717) is 29.0 Å². The SMILES string of the molecule is CCC(=COCCc1cc(Cl)ccc1C(=O)c1ccccc1)C(=O)O. The Morgan fingerprint density at radius 1 is 1.16 bits per heavy atom. The second-order valence-electron chi connectivity index (χ2n) is 5.42. The van der Waals surface area contributed by atoms with Crippen molar-refractivity contribution in [2.45, 2.75) is 19.8 Å². The lowest BCUT2D eigenvalue weighted by Crippen LogP contribution is -2.08. The third-order valence-corrected chi connectivity index (χ3v) is 3.95. The van der Waals surface area contributed by atoms with E-state index in [1.165, 1.54) is 6.26 Å². The van der Waals surface area contributed by atoms with Gasteiger partial charge < -0.3 is 9.84 Å². The maximum atomic E-state index is 12.7. The predicted octanol–water partition coefficient (Wildman–Crippen LogP) is 4.51. The highest BCUT2D eigenvalue weighted by atomic mass is 35.5. The van der Waals surface area contributed by atoms with Crippen LogP contribution < -0.4 is 0 Å². The first-order valence-corrected chi connectivity index (χ1v) is 8.32. The van der Waals surface area contributed by atoms with Gasteiger partial charge in [0.05, 0.1) is 18.4 Å². The molecule has 0 aliphatic heterocycles. The zero-order valence-electron chi connectivity index (χ0n) is 13.9. The van der Waals surface area contributed by atoms with Crippen LogP contribution in [0.1, 0.15) is 34.8 Å². The third-order valence-electron chi connectivity index (χ3n) is 3.72. The van der Waals surface area contributed by atoms with Crippen molar-refractivity contribution in [1.29, 1.82) is 0 Å². The first kappa shape index (κ1) is 18.7. The number of carboxylic acid groups (broad SMARTS) is 1. The molecule has 130 valence electrons. The fraction of sp³-hybridized carbons (Fsp3) is 0.200. The molecule has 0 bridgehead atoms. The van der Waals surface area contributed by atoms with Gasteiger partial charge in [0.1, 0.15) is 0 Å². The van der Waals surface area contributed by atoms with Crippen LogP contribution in [0.25, 0.3) is 0 Å². The van der Waals surface area contributed by atoms with Gasteiger partial charge in [0.2, 0.25) is 0 Å². The minimum atomic E-state index is -0.995. The summed E-state index contributed by atoms with van der Waals surface area (Å²) >= 11 is 6.05. The summed E-state index contributed by atoms with van der Waals surface area (Å²) < 4.78 is 5.33.